The van der Waals surface area contributed by atoms with E-state index >= 15 is 0 Å². The van der Waals surface area contributed by atoms with Crippen molar-refractivity contribution in [3.05, 3.63) is 95.8 Å². The van der Waals surface area contributed by atoms with Crippen molar-refractivity contribution in [2.24, 2.45) is 12.5 Å². The Morgan fingerprint density at radius 1 is 0.825 bits per heavy atom. The van der Waals surface area contributed by atoms with Crippen molar-refractivity contribution in [2.45, 2.75) is 64.3 Å². The van der Waals surface area contributed by atoms with Crippen LogP contribution in [0.3, 0.4) is 0 Å². The van der Waals surface area contributed by atoms with Gasteiger partial charge in [-0.3, -0.25) is 9.59 Å². The second-order valence-electron chi connectivity index (χ2n) is 11.2. The zero-order valence-electron chi connectivity index (χ0n) is 23.5. The molecule has 0 radical (unpaired) electrons. The number of benzene rings is 2. The van der Waals surface area contributed by atoms with Gasteiger partial charge in [-0.2, -0.15) is 0 Å². The number of hydrogen-bond donors (Lipinski definition) is 5. The van der Waals surface area contributed by atoms with E-state index in [-0.39, 0.29) is 12.3 Å². The first kappa shape index (κ1) is 30.4. The van der Waals surface area contributed by atoms with E-state index in [1.807, 2.05) is 60.7 Å². The Labute approximate surface area is 235 Å². The summed E-state index contributed by atoms with van der Waals surface area (Å²) in [7, 11) is 1.79. The molecule has 0 unspecified atom stereocenters. The lowest BCUT2D eigenvalue weighted by atomic mass is 9.85. The number of aromatic nitrogens is 1. The fraction of sp³-hybridized carbons (Fsp3) is 0.387. The van der Waals surface area contributed by atoms with E-state index in [1.54, 1.807) is 50.7 Å². The molecule has 4 atom stereocenters. The maximum absolute atomic E-state index is 13.4. The normalized spacial score (nSPS) is 14.4. The maximum Gasteiger partial charge on any atom is 0.405 e. The molecule has 2 aromatic carbocycles. The van der Waals surface area contributed by atoms with Gasteiger partial charge in [0, 0.05) is 19.3 Å². The molecule has 0 spiro atoms. The second-order valence-corrected chi connectivity index (χ2v) is 11.2. The highest BCUT2D eigenvalue weighted by Gasteiger charge is 2.35. The highest BCUT2D eigenvalue weighted by atomic mass is 16.4. The molecule has 0 aliphatic heterocycles. The van der Waals surface area contributed by atoms with Crippen molar-refractivity contribution in [3.8, 4) is 0 Å². The molecule has 0 aliphatic carbocycles. The minimum Gasteiger partial charge on any atom is -0.465 e. The fourth-order valence-electron chi connectivity index (χ4n) is 4.72. The van der Waals surface area contributed by atoms with Gasteiger partial charge in [-0.15, -0.1) is 0 Å². The molecular formula is C31H40N4O5. The lowest BCUT2D eigenvalue weighted by Crippen LogP contribution is -2.58. The number of carboxylic acid groups (broad SMARTS) is 1. The summed E-state index contributed by atoms with van der Waals surface area (Å²) in [6, 6.07) is 20.4. The van der Waals surface area contributed by atoms with Crippen molar-refractivity contribution in [2.75, 3.05) is 0 Å². The summed E-state index contributed by atoms with van der Waals surface area (Å²) in [5.74, 6) is -0.787. The lowest BCUT2D eigenvalue weighted by Gasteiger charge is -2.33. The molecule has 1 aromatic heterocycles. The van der Waals surface area contributed by atoms with Crippen LogP contribution in [0.5, 0.6) is 0 Å². The molecular weight excluding hydrogens is 508 g/mol. The van der Waals surface area contributed by atoms with Gasteiger partial charge in [-0.1, -0.05) is 81.4 Å². The Hall–Kier alpha value is -4.11. The highest BCUT2D eigenvalue weighted by Crippen LogP contribution is 2.21. The van der Waals surface area contributed by atoms with Crippen LogP contribution in [0.15, 0.2) is 79.0 Å². The molecule has 0 aliphatic rings. The van der Waals surface area contributed by atoms with Gasteiger partial charge in [0.25, 0.3) is 5.91 Å². The minimum atomic E-state index is -1.30. The Kier molecular flexibility index (Phi) is 10.5. The maximum atomic E-state index is 13.4. The van der Waals surface area contributed by atoms with Crippen LogP contribution in [0.25, 0.3) is 0 Å². The molecule has 0 saturated heterocycles. The van der Waals surface area contributed by atoms with Crippen LogP contribution in [0.1, 0.15) is 48.8 Å². The summed E-state index contributed by atoms with van der Waals surface area (Å²) in [6.07, 6.45) is 0.402. The topological polar surface area (TPSA) is 133 Å². The quantitative estimate of drug-likeness (QED) is 0.236. The summed E-state index contributed by atoms with van der Waals surface area (Å²) < 4.78 is 1.73. The van der Waals surface area contributed by atoms with Crippen LogP contribution >= 0.6 is 0 Å². The Morgan fingerprint density at radius 3 is 1.90 bits per heavy atom. The summed E-state index contributed by atoms with van der Waals surface area (Å²) in [5, 5.41) is 29.1. The van der Waals surface area contributed by atoms with Crippen LogP contribution in [0, 0.1) is 5.41 Å². The molecule has 9 heteroatoms. The first-order valence-corrected chi connectivity index (χ1v) is 13.4. The molecule has 40 heavy (non-hydrogen) atoms. The number of hydrogen-bond acceptors (Lipinski definition) is 4. The van der Waals surface area contributed by atoms with E-state index in [1.165, 1.54) is 0 Å². The lowest BCUT2D eigenvalue weighted by molar-refractivity contribution is -0.127. The van der Waals surface area contributed by atoms with Crippen molar-refractivity contribution < 1.29 is 24.6 Å². The van der Waals surface area contributed by atoms with Crippen LogP contribution in [-0.2, 0) is 24.7 Å². The number of rotatable bonds is 12. The Morgan fingerprint density at radius 2 is 1.40 bits per heavy atom. The molecule has 0 bridgehead atoms. The van der Waals surface area contributed by atoms with Crippen molar-refractivity contribution in [3.63, 3.8) is 0 Å². The van der Waals surface area contributed by atoms with Gasteiger partial charge in [0.1, 0.15) is 11.7 Å². The number of nitrogens with one attached hydrogen (secondary N) is 3. The van der Waals surface area contributed by atoms with Gasteiger partial charge in [0.2, 0.25) is 5.91 Å². The molecule has 0 saturated carbocycles. The van der Waals surface area contributed by atoms with Crippen LogP contribution in [0.4, 0.5) is 4.79 Å². The van der Waals surface area contributed by atoms with Gasteiger partial charge in [0.05, 0.1) is 12.1 Å². The SMILES string of the molecule is Cn1cccc1C(=O)N[C@@H](Cc1ccccc1)C[C@@H](O)[C@H](Cc1ccccc1)NC(=O)[C@@H](NC(=O)O)C(C)(C)C. The summed E-state index contributed by atoms with van der Waals surface area (Å²) >= 11 is 0. The van der Waals surface area contributed by atoms with Gasteiger partial charge in [0.15, 0.2) is 0 Å². The van der Waals surface area contributed by atoms with Gasteiger partial charge >= 0.3 is 6.09 Å². The predicted molar refractivity (Wildman–Crippen MR) is 154 cm³/mol. The average Bonchev–Trinajstić information content (AvgIpc) is 3.33. The highest BCUT2D eigenvalue weighted by molar-refractivity contribution is 5.93. The Balaban J connectivity index is 1.86. The van der Waals surface area contributed by atoms with E-state index in [2.05, 4.69) is 16.0 Å². The molecule has 0 fully saturated rings. The number of carbonyl (C=O) groups is 3. The zero-order valence-corrected chi connectivity index (χ0v) is 23.5. The number of carbonyl (C=O) groups excluding carboxylic acids is 2. The second kappa shape index (κ2) is 13.8. The van der Waals surface area contributed by atoms with E-state index < -0.39 is 41.6 Å². The third-order valence-corrected chi connectivity index (χ3v) is 6.85. The van der Waals surface area contributed by atoms with Crippen molar-refractivity contribution in [1.29, 1.82) is 0 Å². The van der Waals surface area contributed by atoms with Crippen LogP contribution in [0.2, 0.25) is 0 Å². The van der Waals surface area contributed by atoms with E-state index in [0.29, 0.717) is 18.5 Å². The third kappa shape index (κ3) is 8.98. The summed E-state index contributed by atoms with van der Waals surface area (Å²) in [6.45, 7) is 5.31. The molecule has 214 valence electrons. The number of aryl methyl sites for hydroxylation is 1. The molecule has 3 aromatic rings. The predicted octanol–water partition coefficient (Wildman–Crippen LogP) is 3.53. The minimum absolute atomic E-state index is 0.162. The smallest absolute Gasteiger partial charge is 0.405 e. The van der Waals surface area contributed by atoms with E-state index in [9.17, 15) is 24.6 Å². The Bertz CT molecular complexity index is 1250. The number of aliphatic hydroxyl groups is 1. The van der Waals surface area contributed by atoms with Crippen molar-refractivity contribution in [1.82, 2.24) is 20.5 Å². The van der Waals surface area contributed by atoms with Crippen LogP contribution < -0.4 is 16.0 Å². The fourth-order valence-corrected chi connectivity index (χ4v) is 4.72. The number of nitrogens with zero attached hydrogens (tertiary/aromatic N) is 1. The molecule has 5 N–H and O–H groups in total. The van der Waals surface area contributed by atoms with E-state index in [4.69, 9.17) is 0 Å². The van der Waals surface area contributed by atoms with E-state index in [0.717, 1.165) is 11.1 Å². The number of amides is 3. The standard InChI is InChI=1S/C31H40N4O5/c1-31(2,3)27(34-30(39)40)29(38)33-24(19-22-14-9-6-10-15-22)26(36)20-23(18-21-12-7-5-8-13-21)32-28(37)25-16-11-17-35(25)4/h5-17,23-24,26-27,34,36H,18-20H2,1-4H3,(H,32,37)(H,33,38)(H,39,40)/t23-,24-,26+,27+/m0/s1. The summed E-state index contributed by atoms with van der Waals surface area (Å²) in [5.41, 5.74) is 1.69. The van der Waals surface area contributed by atoms with Crippen molar-refractivity contribution >= 4 is 17.9 Å². The molecule has 3 amide bonds. The largest absolute Gasteiger partial charge is 0.465 e. The zero-order chi connectivity index (χ0) is 29.3. The molecule has 1 heterocycles. The van der Waals surface area contributed by atoms with Gasteiger partial charge < -0.3 is 30.7 Å². The molecule has 9 nitrogen and oxygen atoms in total. The third-order valence-electron chi connectivity index (χ3n) is 6.85. The van der Waals surface area contributed by atoms with Gasteiger partial charge in [-0.05, 0) is 47.9 Å². The molecule has 3 rings (SSSR count). The number of aliphatic hydroxyl groups excluding tert-OH is 1. The summed E-state index contributed by atoms with van der Waals surface area (Å²) in [4.78, 5) is 37.9. The first-order valence-electron chi connectivity index (χ1n) is 13.4. The first-order chi connectivity index (χ1) is 18.9. The van der Waals surface area contributed by atoms with Gasteiger partial charge in [-0.25, -0.2) is 4.79 Å². The average molecular weight is 549 g/mol. The van der Waals surface area contributed by atoms with Crippen LogP contribution in [-0.4, -0.2) is 56.9 Å². The monoisotopic (exact) mass is 548 g/mol.